The van der Waals surface area contributed by atoms with Crippen molar-refractivity contribution in [3.63, 3.8) is 0 Å². The van der Waals surface area contributed by atoms with Crippen molar-refractivity contribution < 1.29 is 13.2 Å². The Hall–Kier alpha value is -4.27. The number of nitrogens with zero attached hydrogens (tertiary/aromatic N) is 2. The zero-order valence-corrected chi connectivity index (χ0v) is 24.2. The van der Waals surface area contributed by atoms with Gasteiger partial charge in [0.2, 0.25) is 15.9 Å². The van der Waals surface area contributed by atoms with Crippen LogP contribution in [0.1, 0.15) is 47.4 Å². The Morgan fingerprint density at radius 3 is 2.24 bits per heavy atom. The number of benzene rings is 4. The first-order valence-electron chi connectivity index (χ1n) is 14.4. The van der Waals surface area contributed by atoms with E-state index in [1.807, 2.05) is 60.7 Å². The first-order chi connectivity index (χ1) is 20.4. The summed E-state index contributed by atoms with van der Waals surface area (Å²) in [6.45, 7) is 3.20. The quantitative estimate of drug-likeness (QED) is 0.223. The maximum Gasteiger partial charge on any atom is 0.238 e. The second kappa shape index (κ2) is 12.3. The molecule has 6 rings (SSSR count). The largest absolute Gasteiger partial charge is 0.325 e. The van der Waals surface area contributed by atoms with Crippen LogP contribution in [0.2, 0.25) is 0 Å². The van der Waals surface area contributed by atoms with Gasteiger partial charge in [-0.15, -0.1) is 0 Å². The summed E-state index contributed by atoms with van der Waals surface area (Å²) in [6, 6.07) is 32.1. The van der Waals surface area contributed by atoms with Gasteiger partial charge in [0.1, 0.15) is 5.92 Å². The van der Waals surface area contributed by atoms with Gasteiger partial charge in [0.05, 0.1) is 17.2 Å². The lowest BCUT2D eigenvalue weighted by molar-refractivity contribution is -0.115. The van der Waals surface area contributed by atoms with Crippen LogP contribution in [0, 0.1) is 0 Å². The van der Waals surface area contributed by atoms with E-state index >= 15 is 0 Å². The van der Waals surface area contributed by atoms with Gasteiger partial charge in [-0.2, -0.15) is 0 Å². The van der Waals surface area contributed by atoms with Crippen LogP contribution in [-0.4, -0.2) is 38.0 Å². The molecule has 1 saturated heterocycles. The van der Waals surface area contributed by atoms with E-state index in [4.69, 9.17) is 4.99 Å². The van der Waals surface area contributed by atoms with Crippen molar-refractivity contribution in [3.05, 3.63) is 125 Å². The van der Waals surface area contributed by atoms with Crippen molar-refractivity contribution in [2.75, 3.05) is 23.1 Å². The van der Waals surface area contributed by atoms with Crippen molar-refractivity contribution in [3.8, 4) is 0 Å². The highest BCUT2D eigenvalue weighted by molar-refractivity contribution is 7.91. The molecule has 2 aliphatic rings. The molecule has 4 aromatic carbocycles. The Morgan fingerprint density at radius 1 is 0.833 bits per heavy atom. The summed E-state index contributed by atoms with van der Waals surface area (Å²) < 4.78 is 28.6. The Bertz CT molecular complexity index is 1680. The molecule has 1 amide bonds. The molecule has 1 fully saturated rings. The van der Waals surface area contributed by atoms with Crippen molar-refractivity contribution in [1.29, 1.82) is 0 Å². The lowest BCUT2D eigenvalue weighted by atomic mass is 9.90. The first-order valence-corrected chi connectivity index (χ1v) is 16.0. The van der Waals surface area contributed by atoms with E-state index in [-0.39, 0.29) is 11.7 Å². The molecule has 0 aromatic heterocycles. The Morgan fingerprint density at radius 2 is 1.52 bits per heavy atom. The predicted molar refractivity (Wildman–Crippen MR) is 169 cm³/mol. The van der Waals surface area contributed by atoms with Crippen LogP contribution in [0.25, 0.3) is 0 Å². The number of sulfonamides is 1. The molecule has 1 atom stereocenters. The number of carbonyl (C=O) groups is 1. The van der Waals surface area contributed by atoms with E-state index in [1.54, 1.807) is 30.3 Å². The van der Waals surface area contributed by atoms with E-state index in [9.17, 15) is 13.2 Å². The van der Waals surface area contributed by atoms with E-state index in [2.05, 4.69) is 27.1 Å². The maximum absolute atomic E-state index is 13.4. The average Bonchev–Trinajstić information content (AvgIpc) is 3.32. The van der Waals surface area contributed by atoms with Gasteiger partial charge in [0, 0.05) is 17.9 Å². The van der Waals surface area contributed by atoms with Gasteiger partial charge in [0.15, 0.2) is 0 Å². The van der Waals surface area contributed by atoms with Crippen LogP contribution in [-0.2, 0) is 27.1 Å². The molecule has 214 valence electrons. The lowest BCUT2D eigenvalue weighted by Gasteiger charge is -2.26. The highest BCUT2D eigenvalue weighted by Gasteiger charge is 2.36. The number of carbonyl (C=O) groups excluding carboxylic acids is 1. The minimum Gasteiger partial charge on any atom is -0.325 e. The van der Waals surface area contributed by atoms with Crippen LogP contribution in [0.15, 0.2) is 108 Å². The summed E-state index contributed by atoms with van der Waals surface area (Å²) in [5.74, 6) is -1.04. The molecule has 1 unspecified atom stereocenters. The SMILES string of the molecule is O=C1Nc2ccc(NS(=O)(=O)Cc3ccccc3)cc2C1C(=Nc1ccc(CN2CCCCC2)cc1)c1ccccc1. The van der Waals surface area contributed by atoms with Gasteiger partial charge < -0.3 is 5.32 Å². The van der Waals surface area contributed by atoms with Crippen molar-refractivity contribution in [1.82, 2.24) is 4.90 Å². The number of fused-ring (bicyclic) bond motifs is 1. The highest BCUT2D eigenvalue weighted by Crippen LogP contribution is 2.38. The third-order valence-electron chi connectivity index (χ3n) is 7.74. The van der Waals surface area contributed by atoms with E-state index in [1.165, 1.54) is 24.8 Å². The van der Waals surface area contributed by atoms with E-state index in [0.29, 0.717) is 28.2 Å². The van der Waals surface area contributed by atoms with Crippen molar-refractivity contribution >= 4 is 38.7 Å². The van der Waals surface area contributed by atoms with Gasteiger partial charge in [-0.3, -0.25) is 19.4 Å². The molecular weight excluding hydrogens is 544 g/mol. The standard InChI is InChI=1S/C34H34N4O3S/c39-34-32(30-22-29(18-19-31(30)36-34)37-42(40,41)24-26-10-4-1-5-11-26)33(27-12-6-2-7-13-27)35-28-16-14-25(15-17-28)23-38-20-8-3-9-21-38/h1-2,4-7,10-19,22,32,37H,3,8-9,20-21,23-24H2,(H,36,39). The zero-order valence-electron chi connectivity index (χ0n) is 23.4. The molecule has 4 aromatic rings. The molecule has 0 spiro atoms. The predicted octanol–water partition coefficient (Wildman–Crippen LogP) is 6.47. The molecule has 2 aliphatic heterocycles. The number of anilines is 2. The topological polar surface area (TPSA) is 90.9 Å². The lowest BCUT2D eigenvalue weighted by Crippen LogP contribution is -2.28. The molecule has 42 heavy (non-hydrogen) atoms. The number of piperidine rings is 1. The van der Waals surface area contributed by atoms with Gasteiger partial charge in [-0.05, 0) is 78.5 Å². The molecule has 0 radical (unpaired) electrons. The molecular formula is C34H34N4O3S. The number of nitrogens with one attached hydrogen (secondary N) is 2. The Labute approximate surface area is 247 Å². The fraction of sp³-hybridized carbons (Fsp3) is 0.235. The minimum atomic E-state index is -3.66. The smallest absolute Gasteiger partial charge is 0.238 e. The van der Waals surface area contributed by atoms with Crippen LogP contribution >= 0.6 is 0 Å². The number of hydrogen-bond acceptors (Lipinski definition) is 5. The molecule has 8 heteroatoms. The number of likely N-dealkylation sites (tertiary alicyclic amines) is 1. The summed E-state index contributed by atoms with van der Waals surface area (Å²) in [5, 5.41) is 2.97. The fourth-order valence-corrected chi connectivity index (χ4v) is 6.89. The van der Waals surface area contributed by atoms with Crippen LogP contribution in [0.4, 0.5) is 17.1 Å². The number of amides is 1. The highest BCUT2D eigenvalue weighted by atomic mass is 32.2. The van der Waals surface area contributed by atoms with Gasteiger partial charge in [0.25, 0.3) is 0 Å². The monoisotopic (exact) mass is 578 g/mol. The number of aliphatic imine (C=N–C) groups is 1. The van der Waals surface area contributed by atoms with Gasteiger partial charge in [-0.25, -0.2) is 8.42 Å². The third kappa shape index (κ3) is 6.61. The molecule has 2 N–H and O–H groups in total. The second-order valence-electron chi connectivity index (χ2n) is 10.9. The maximum atomic E-state index is 13.4. The zero-order chi connectivity index (χ0) is 28.9. The van der Waals surface area contributed by atoms with Crippen molar-refractivity contribution in [2.24, 2.45) is 4.99 Å². The number of hydrogen-bond donors (Lipinski definition) is 2. The summed E-state index contributed by atoms with van der Waals surface area (Å²) in [7, 11) is -3.66. The van der Waals surface area contributed by atoms with E-state index < -0.39 is 15.9 Å². The first kappa shape index (κ1) is 27.9. The summed E-state index contributed by atoms with van der Waals surface area (Å²) in [5.41, 5.74) is 5.88. The molecule has 7 nitrogen and oxygen atoms in total. The van der Waals surface area contributed by atoms with Gasteiger partial charge in [-0.1, -0.05) is 79.2 Å². The minimum absolute atomic E-state index is 0.143. The molecule has 0 saturated carbocycles. The summed E-state index contributed by atoms with van der Waals surface area (Å²) in [4.78, 5) is 20.9. The number of rotatable bonds is 9. The molecule has 0 aliphatic carbocycles. The molecule has 2 heterocycles. The fourth-order valence-electron chi connectivity index (χ4n) is 5.70. The Balaban J connectivity index is 1.30. The van der Waals surface area contributed by atoms with Crippen LogP contribution in [0.5, 0.6) is 0 Å². The van der Waals surface area contributed by atoms with Crippen LogP contribution in [0.3, 0.4) is 0 Å². The van der Waals surface area contributed by atoms with Crippen molar-refractivity contribution in [2.45, 2.75) is 37.5 Å². The summed E-state index contributed by atoms with van der Waals surface area (Å²) in [6.07, 6.45) is 3.82. The van der Waals surface area contributed by atoms with E-state index in [0.717, 1.165) is 30.9 Å². The Kier molecular flexibility index (Phi) is 8.17. The van der Waals surface area contributed by atoms with Crippen LogP contribution < -0.4 is 10.0 Å². The third-order valence-corrected chi connectivity index (χ3v) is 9.00. The van der Waals surface area contributed by atoms with Gasteiger partial charge >= 0.3 is 0 Å². The summed E-state index contributed by atoms with van der Waals surface area (Å²) >= 11 is 0. The molecule has 0 bridgehead atoms. The second-order valence-corrected chi connectivity index (χ2v) is 12.7. The average molecular weight is 579 g/mol. The normalized spacial score (nSPS) is 17.5.